The predicted molar refractivity (Wildman–Crippen MR) is 99.5 cm³/mol. The first-order valence-electron chi connectivity index (χ1n) is 7.54. The van der Waals surface area contributed by atoms with Crippen LogP contribution in [0.3, 0.4) is 0 Å². The molecule has 2 aromatic rings. The summed E-state index contributed by atoms with van der Waals surface area (Å²) < 4.78 is 19.6. The van der Waals surface area contributed by atoms with E-state index < -0.39 is 5.79 Å². The molecule has 0 N–H and O–H groups in total. The van der Waals surface area contributed by atoms with Crippen LogP contribution in [0.15, 0.2) is 49.6 Å². The van der Waals surface area contributed by atoms with Crippen LogP contribution in [0, 0.1) is 0 Å². The second kappa shape index (κ2) is 9.03. The molecule has 1 aromatic heterocycles. The third-order valence-corrected chi connectivity index (χ3v) is 4.24. The Bertz CT molecular complexity index is 696. The first-order chi connectivity index (χ1) is 11.6. The largest absolute Gasteiger partial charge is 0.375 e. The van der Waals surface area contributed by atoms with Gasteiger partial charge in [-0.1, -0.05) is 35.3 Å². The molecule has 2 atom stereocenters. The monoisotopic (exact) mass is 404 g/mol. The van der Waals surface area contributed by atoms with Crippen molar-refractivity contribution in [1.82, 2.24) is 9.55 Å². The van der Waals surface area contributed by atoms with Gasteiger partial charge in [0.1, 0.15) is 6.10 Å². The van der Waals surface area contributed by atoms with Crippen LogP contribution < -0.4 is 0 Å². The van der Waals surface area contributed by atoms with Crippen molar-refractivity contribution in [3.63, 3.8) is 0 Å². The molecule has 5 nitrogen and oxygen atoms in total. The quantitative estimate of drug-likeness (QED) is 0.514. The highest BCUT2D eigenvalue weighted by molar-refractivity contribution is 6.35. The standard InChI is InChI=1S/C17H18Cl2N2O3.ClH/c1-2-7-22-9-14-10-23-17(24-14,11-21-6-5-20-12-21)15-4-3-13(18)8-16(15)19;/h2-6,8,12,14H,1,7,9-11H2;1H/t14-,17-;/m0./s1. The minimum atomic E-state index is -1.01. The van der Waals surface area contributed by atoms with Gasteiger partial charge in [-0.05, 0) is 12.1 Å². The van der Waals surface area contributed by atoms with Gasteiger partial charge < -0.3 is 18.8 Å². The SMILES string of the molecule is C=CCOC[C@H]1CO[C@](Cn2ccnc2)(c2ccc(Cl)cc2Cl)O1.Cl. The smallest absolute Gasteiger partial charge is 0.215 e. The topological polar surface area (TPSA) is 45.5 Å². The Hall–Kier alpha value is -1.08. The molecule has 2 heterocycles. The molecule has 1 aromatic carbocycles. The van der Waals surface area contributed by atoms with E-state index in [0.29, 0.717) is 36.4 Å². The number of rotatable bonds is 7. The van der Waals surface area contributed by atoms with Gasteiger partial charge >= 0.3 is 0 Å². The average Bonchev–Trinajstić information content (AvgIpc) is 3.19. The van der Waals surface area contributed by atoms with Gasteiger partial charge in [-0.15, -0.1) is 19.0 Å². The summed E-state index contributed by atoms with van der Waals surface area (Å²) in [6.45, 7) is 5.35. The Kier molecular flexibility index (Phi) is 7.31. The average molecular weight is 406 g/mol. The molecule has 1 fully saturated rings. The van der Waals surface area contributed by atoms with Gasteiger partial charge in [-0.2, -0.15) is 0 Å². The summed E-state index contributed by atoms with van der Waals surface area (Å²) in [6, 6.07) is 5.28. The highest BCUT2D eigenvalue weighted by Gasteiger charge is 2.45. The number of halogens is 3. The normalized spacial score (nSPS) is 22.6. The molecule has 0 spiro atoms. The first-order valence-corrected chi connectivity index (χ1v) is 8.30. The minimum Gasteiger partial charge on any atom is -0.375 e. The third kappa shape index (κ3) is 4.76. The van der Waals surface area contributed by atoms with Crippen molar-refractivity contribution in [2.75, 3.05) is 19.8 Å². The second-order valence-electron chi connectivity index (χ2n) is 5.49. The maximum atomic E-state index is 6.40. The van der Waals surface area contributed by atoms with Gasteiger partial charge in [0.25, 0.3) is 0 Å². The molecule has 0 amide bonds. The minimum absolute atomic E-state index is 0. The number of ether oxygens (including phenoxy) is 3. The van der Waals surface area contributed by atoms with Crippen LogP contribution in [0.2, 0.25) is 10.0 Å². The van der Waals surface area contributed by atoms with Crippen molar-refractivity contribution in [3.8, 4) is 0 Å². The van der Waals surface area contributed by atoms with Crippen LogP contribution >= 0.6 is 35.6 Å². The number of aromatic nitrogens is 2. The highest BCUT2D eigenvalue weighted by Crippen LogP contribution is 2.40. The van der Waals surface area contributed by atoms with E-state index in [1.165, 1.54) is 0 Å². The molecule has 0 aliphatic carbocycles. The van der Waals surface area contributed by atoms with Crippen molar-refractivity contribution in [1.29, 1.82) is 0 Å². The Morgan fingerprint density at radius 1 is 1.44 bits per heavy atom. The lowest BCUT2D eigenvalue weighted by atomic mass is 10.1. The molecule has 1 aliphatic rings. The molecule has 0 bridgehead atoms. The summed E-state index contributed by atoms with van der Waals surface area (Å²) in [7, 11) is 0. The number of benzene rings is 1. The van der Waals surface area contributed by atoms with Crippen molar-refractivity contribution < 1.29 is 14.2 Å². The van der Waals surface area contributed by atoms with Crippen molar-refractivity contribution in [2.45, 2.75) is 18.4 Å². The number of hydrogen-bond donors (Lipinski definition) is 0. The van der Waals surface area contributed by atoms with Gasteiger partial charge in [-0.3, -0.25) is 0 Å². The Labute approximate surface area is 162 Å². The van der Waals surface area contributed by atoms with E-state index in [-0.39, 0.29) is 18.5 Å². The van der Waals surface area contributed by atoms with Crippen molar-refractivity contribution in [3.05, 3.63) is 65.2 Å². The zero-order valence-corrected chi connectivity index (χ0v) is 15.8. The third-order valence-electron chi connectivity index (χ3n) is 3.69. The van der Waals surface area contributed by atoms with Crippen LogP contribution in [0.25, 0.3) is 0 Å². The summed E-state index contributed by atoms with van der Waals surface area (Å²) in [5.41, 5.74) is 0.730. The number of imidazole rings is 1. The van der Waals surface area contributed by atoms with Gasteiger partial charge in [0.2, 0.25) is 5.79 Å². The highest BCUT2D eigenvalue weighted by atomic mass is 35.5. The first kappa shape index (κ1) is 20.2. The van der Waals surface area contributed by atoms with E-state index in [4.69, 9.17) is 37.4 Å². The molecule has 0 saturated carbocycles. The Balaban J connectivity index is 0.00000225. The summed E-state index contributed by atoms with van der Waals surface area (Å²) in [4.78, 5) is 4.07. The van der Waals surface area contributed by atoms with E-state index in [1.807, 2.05) is 16.8 Å². The molecule has 3 rings (SSSR count). The van der Waals surface area contributed by atoms with Crippen molar-refractivity contribution >= 4 is 35.6 Å². The summed E-state index contributed by atoms with van der Waals surface area (Å²) in [5, 5.41) is 1.06. The molecule has 1 saturated heterocycles. The predicted octanol–water partition coefficient (Wildman–Crippen LogP) is 4.08. The Morgan fingerprint density at radius 2 is 2.28 bits per heavy atom. The van der Waals surface area contributed by atoms with Crippen LogP contribution in [0.5, 0.6) is 0 Å². The lowest BCUT2D eigenvalue weighted by Gasteiger charge is -2.30. The molecule has 25 heavy (non-hydrogen) atoms. The van der Waals surface area contributed by atoms with Crippen LogP contribution in [0.1, 0.15) is 5.56 Å². The van der Waals surface area contributed by atoms with Crippen LogP contribution in [-0.4, -0.2) is 35.5 Å². The summed E-state index contributed by atoms with van der Waals surface area (Å²) in [6.07, 6.45) is 6.77. The van der Waals surface area contributed by atoms with Crippen LogP contribution in [-0.2, 0) is 26.5 Å². The lowest BCUT2D eigenvalue weighted by Crippen LogP contribution is -2.34. The second-order valence-corrected chi connectivity index (χ2v) is 6.33. The molecule has 136 valence electrons. The summed E-state index contributed by atoms with van der Waals surface area (Å²) >= 11 is 12.4. The van der Waals surface area contributed by atoms with E-state index in [0.717, 1.165) is 5.56 Å². The van der Waals surface area contributed by atoms with E-state index in [1.54, 1.807) is 30.7 Å². The van der Waals surface area contributed by atoms with E-state index in [2.05, 4.69) is 11.6 Å². The van der Waals surface area contributed by atoms with E-state index >= 15 is 0 Å². The lowest BCUT2D eigenvalue weighted by molar-refractivity contribution is -0.191. The summed E-state index contributed by atoms with van der Waals surface area (Å²) in [5.74, 6) is -1.01. The molecular weight excluding hydrogens is 387 g/mol. The fourth-order valence-electron chi connectivity index (χ4n) is 2.66. The zero-order chi connectivity index (χ0) is 17.0. The fraction of sp³-hybridized carbons (Fsp3) is 0.353. The number of hydrogen-bond acceptors (Lipinski definition) is 4. The van der Waals surface area contributed by atoms with Gasteiger partial charge in [0.05, 0.1) is 37.7 Å². The van der Waals surface area contributed by atoms with Gasteiger partial charge in [-0.25, -0.2) is 4.98 Å². The molecule has 0 radical (unpaired) electrons. The Morgan fingerprint density at radius 3 is 2.96 bits per heavy atom. The molecule has 1 aliphatic heterocycles. The molecule has 0 unspecified atom stereocenters. The zero-order valence-electron chi connectivity index (χ0n) is 13.4. The van der Waals surface area contributed by atoms with Crippen LogP contribution in [0.4, 0.5) is 0 Å². The maximum Gasteiger partial charge on any atom is 0.215 e. The van der Waals surface area contributed by atoms with E-state index in [9.17, 15) is 0 Å². The van der Waals surface area contributed by atoms with Crippen molar-refractivity contribution in [2.24, 2.45) is 0 Å². The fourth-order valence-corrected chi connectivity index (χ4v) is 3.21. The molecular formula is C17H19Cl3N2O3. The maximum absolute atomic E-state index is 6.40. The van der Waals surface area contributed by atoms with Gasteiger partial charge in [0, 0.05) is 23.0 Å². The van der Waals surface area contributed by atoms with Gasteiger partial charge in [0.15, 0.2) is 0 Å². The molecule has 8 heteroatoms. The number of nitrogens with zero attached hydrogens (tertiary/aromatic N) is 2.